The summed E-state index contributed by atoms with van der Waals surface area (Å²) in [5.41, 5.74) is 0. The highest BCUT2D eigenvalue weighted by molar-refractivity contribution is 5.40. The zero-order chi connectivity index (χ0) is 14.8. The Hall–Kier alpha value is -1.59. The molecule has 2 unspecified atom stereocenters. The van der Waals surface area contributed by atoms with Crippen LogP contribution in [0.15, 0.2) is 0 Å². The van der Waals surface area contributed by atoms with Crippen molar-refractivity contribution in [2.75, 3.05) is 23.8 Å². The zero-order valence-electron chi connectivity index (χ0n) is 13.2. The average Bonchev–Trinajstić information content (AvgIpc) is 2.94. The zero-order valence-corrected chi connectivity index (χ0v) is 13.2. The molecule has 2 fully saturated rings. The summed E-state index contributed by atoms with van der Waals surface area (Å²) in [7, 11) is 1.83. The first-order chi connectivity index (χ1) is 10.2. The molecule has 1 aromatic rings. The first-order valence-corrected chi connectivity index (χ1v) is 8.04. The molecule has 21 heavy (non-hydrogen) atoms. The number of piperidine rings is 1. The molecule has 0 radical (unpaired) electrons. The molecule has 2 aliphatic rings. The molecular formula is C15H25N5O. The maximum Gasteiger partial charge on any atom is 0.323 e. The maximum atomic E-state index is 5.67. The van der Waals surface area contributed by atoms with Crippen molar-refractivity contribution in [1.29, 1.82) is 0 Å². The molecule has 116 valence electrons. The fourth-order valence-electron chi connectivity index (χ4n) is 3.55. The Morgan fingerprint density at radius 1 is 1.14 bits per heavy atom. The molecule has 1 aromatic heterocycles. The van der Waals surface area contributed by atoms with E-state index in [4.69, 9.17) is 4.74 Å². The minimum absolute atomic E-state index is 0.0607. The van der Waals surface area contributed by atoms with Gasteiger partial charge in [0.15, 0.2) is 0 Å². The quantitative estimate of drug-likeness (QED) is 0.919. The molecule has 6 heteroatoms. The summed E-state index contributed by atoms with van der Waals surface area (Å²) in [6.45, 7) is 5.00. The summed E-state index contributed by atoms with van der Waals surface area (Å²) < 4.78 is 5.67. The van der Waals surface area contributed by atoms with E-state index in [1.807, 2.05) is 20.9 Å². The molecule has 0 aromatic carbocycles. The monoisotopic (exact) mass is 291 g/mol. The second-order valence-electron chi connectivity index (χ2n) is 6.25. The highest BCUT2D eigenvalue weighted by Crippen LogP contribution is 2.38. The van der Waals surface area contributed by atoms with Crippen molar-refractivity contribution in [3.8, 4) is 6.01 Å². The molecule has 1 aliphatic heterocycles. The van der Waals surface area contributed by atoms with E-state index in [-0.39, 0.29) is 6.10 Å². The molecule has 1 N–H and O–H groups in total. The number of ether oxygens (including phenoxy) is 1. The Bertz CT molecular complexity index is 493. The Balaban J connectivity index is 1.89. The van der Waals surface area contributed by atoms with E-state index in [1.165, 1.54) is 32.1 Å². The summed E-state index contributed by atoms with van der Waals surface area (Å²) in [4.78, 5) is 15.8. The van der Waals surface area contributed by atoms with E-state index >= 15 is 0 Å². The number of anilines is 2. The average molecular weight is 291 g/mol. The minimum atomic E-state index is 0.0607. The topological polar surface area (TPSA) is 63.2 Å². The summed E-state index contributed by atoms with van der Waals surface area (Å²) >= 11 is 0. The molecule has 1 aliphatic carbocycles. The van der Waals surface area contributed by atoms with E-state index in [0.29, 0.717) is 18.0 Å². The third kappa shape index (κ3) is 3.04. The van der Waals surface area contributed by atoms with E-state index in [1.54, 1.807) is 0 Å². The third-order valence-electron chi connectivity index (χ3n) is 4.42. The van der Waals surface area contributed by atoms with Crippen molar-refractivity contribution < 1.29 is 4.74 Å². The van der Waals surface area contributed by atoms with Gasteiger partial charge in [0.1, 0.15) is 0 Å². The molecule has 2 atom stereocenters. The van der Waals surface area contributed by atoms with Gasteiger partial charge < -0.3 is 15.0 Å². The molecule has 1 saturated heterocycles. The summed E-state index contributed by atoms with van der Waals surface area (Å²) in [5.74, 6) is 2.15. The third-order valence-corrected chi connectivity index (χ3v) is 4.42. The molecule has 0 bridgehead atoms. The van der Waals surface area contributed by atoms with Crippen LogP contribution in [0.2, 0.25) is 0 Å². The molecule has 0 spiro atoms. The second-order valence-corrected chi connectivity index (χ2v) is 6.25. The lowest BCUT2D eigenvalue weighted by Crippen LogP contribution is -2.43. The van der Waals surface area contributed by atoms with E-state index in [2.05, 4.69) is 25.2 Å². The lowest BCUT2D eigenvalue weighted by Gasteiger charge is -2.37. The standard InChI is InChI=1S/C15H25N5O/c1-10(2)21-15-18-13(16-3)17-14(19-15)20-9-5-7-11-6-4-8-12(11)20/h10-12H,4-9H2,1-3H3,(H,16,17,18,19). The molecular weight excluding hydrogens is 266 g/mol. The van der Waals surface area contributed by atoms with Gasteiger partial charge >= 0.3 is 6.01 Å². The Morgan fingerprint density at radius 2 is 1.95 bits per heavy atom. The van der Waals surface area contributed by atoms with Crippen LogP contribution in [0.25, 0.3) is 0 Å². The van der Waals surface area contributed by atoms with Crippen LogP contribution in [0.5, 0.6) is 6.01 Å². The number of nitrogens with zero attached hydrogens (tertiary/aromatic N) is 4. The highest BCUT2D eigenvalue weighted by Gasteiger charge is 2.36. The van der Waals surface area contributed by atoms with Gasteiger partial charge in [-0.1, -0.05) is 6.42 Å². The fraction of sp³-hybridized carbons (Fsp3) is 0.800. The van der Waals surface area contributed by atoms with Crippen molar-refractivity contribution in [1.82, 2.24) is 15.0 Å². The summed E-state index contributed by atoms with van der Waals surface area (Å²) in [5, 5.41) is 3.01. The lowest BCUT2D eigenvalue weighted by molar-refractivity contribution is 0.221. The molecule has 2 heterocycles. The van der Waals surface area contributed by atoms with Crippen LogP contribution in [0, 0.1) is 5.92 Å². The number of aromatic nitrogens is 3. The van der Waals surface area contributed by atoms with Crippen molar-refractivity contribution >= 4 is 11.9 Å². The van der Waals surface area contributed by atoms with Gasteiger partial charge in [0.2, 0.25) is 11.9 Å². The molecule has 6 nitrogen and oxygen atoms in total. The van der Waals surface area contributed by atoms with Crippen LogP contribution in [0.4, 0.5) is 11.9 Å². The molecule has 1 saturated carbocycles. The van der Waals surface area contributed by atoms with Crippen molar-refractivity contribution in [2.45, 2.75) is 58.1 Å². The van der Waals surface area contributed by atoms with Gasteiger partial charge in [-0.25, -0.2) is 0 Å². The van der Waals surface area contributed by atoms with Gasteiger partial charge in [-0.15, -0.1) is 0 Å². The van der Waals surface area contributed by atoms with Gasteiger partial charge in [0.25, 0.3) is 0 Å². The number of fused-ring (bicyclic) bond motifs is 1. The van der Waals surface area contributed by atoms with Gasteiger partial charge in [-0.3, -0.25) is 0 Å². The van der Waals surface area contributed by atoms with Crippen LogP contribution < -0.4 is 15.0 Å². The number of hydrogen-bond donors (Lipinski definition) is 1. The summed E-state index contributed by atoms with van der Waals surface area (Å²) in [6, 6.07) is 1.01. The highest BCUT2D eigenvalue weighted by atomic mass is 16.5. The maximum absolute atomic E-state index is 5.67. The Morgan fingerprint density at radius 3 is 2.71 bits per heavy atom. The van der Waals surface area contributed by atoms with E-state index in [0.717, 1.165) is 18.4 Å². The molecule has 3 rings (SSSR count). The van der Waals surface area contributed by atoms with Gasteiger partial charge in [-0.05, 0) is 45.4 Å². The Labute approximate surface area is 126 Å². The second kappa shape index (κ2) is 6.03. The first-order valence-electron chi connectivity index (χ1n) is 8.04. The molecule has 0 amide bonds. The largest absolute Gasteiger partial charge is 0.461 e. The fourth-order valence-corrected chi connectivity index (χ4v) is 3.55. The van der Waals surface area contributed by atoms with Crippen LogP contribution in [0.3, 0.4) is 0 Å². The SMILES string of the molecule is CNc1nc(OC(C)C)nc(N2CCCC3CCCC32)n1. The Kier molecular flexibility index (Phi) is 4.12. The van der Waals surface area contributed by atoms with Crippen LogP contribution >= 0.6 is 0 Å². The van der Waals surface area contributed by atoms with E-state index in [9.17, 15) is 0 Å². The van der Waals surface area contributed by atoms with Crippen molar-refractivity contribution in [3.05, 3.63) is 0 Å². The van der Waals surface area contributed by atoms with E-state index < -0.39 is 0 Å². The van der Waals surface area contributed by atoms with Crippen LogP contribution in [0.1, 0.15) is 46.0 Å². The normalized spacial score (nSPS) is 25.0. The predicted octanol–water partition coefficient (Wildman–Crippen LogP) is 2.47. The minimum Gasteiger partial charge on any atom is -0.461 e. The van der Waals surface area contributed by atoms with Crippen molar-refractivity contribution in [3.63, 3.8) is 0 Å². The number of nitrogens with one attached hydrogen (secondary N) is 1. The number of rotatable bonds is 4. The lowest BCUT2D eigenvalue weighted by atomic mass is 9.92. The first kappa shape index (κ1) is 14.4. The van der Waals surface area contributed by atoms with Gasteiger partial charge in [0.05, 0.1) is 6.10 Å². The number of hydrogen-bond acceptors (Lipinski definition) is 6. The summed E-state index contributed by atoms with van der Waals surface area (Å²) in [6.07, 6.45) is 6.56. The van der Waals surface area contributed by atoms with Gasteiger partial charge in [0, 0.05) is 19.6 Å². The van der Waals surface area contributed by atoms with Crippen molar-refractivity contribution in [2.24, 2.45) is 5.92 Å². The van der Waals surface area contributed by atoms with Gasteiger partial charge in [-0.2, -0.15) is 15.0 Å². The van der Waals surface area contributed by atoms with Crippen LogP contribution in [-0.2, 0) is 0 Å². The van der Waals surface area contributed by atoms with Crippen LogP contribution in [-0.4, -0.2) is 40.7 Å². The smallest absolute Gasteiger partial charge is 0.323 e. The predicted molar refractivity (Wildman–Crippen MR) is 82.8 cm³/mol.